The summed E-state index contributed by atoms with van der Waals surface area (Å²) in [6, 6.07) is 20.4. The third-order valence-electron chi connectivity index (χ3n) is 4.86. The molecule has 1 amide bonds. The van der Waals surface area contributed by atoms with E-state index in [4.69, 9.17) is 14.2 Å². The van der Waals surface area contributed by atoms with Crippen LogP contribution in [0.5, 0.6) is 17.2 Å². The van der Waals surface area contributed by atoms with Gasteiger partial charge >= 0.3 is 5.97 Å². The summed E-state index contributed by atoms with van der Waals surface area (Å²) in [5, 5.41) is 2.83. The van der Waals surface area contributed by atoms with Crippen LogP contribution in [0.3, 0.4) is 0 Å². The summed E-state index contributed by atoms with van der Waals surface area (Å²) in [6.07, 6.45) is 3.30. The SMILES string of the molecule is CCCCCOc1ccc(C(=O)Nc2ccc(C(=O)Oc3ccc(OCC)cc3)cc2)cc1. The number of benzene rings is 3. The fraction of sp³-hybridized carbons (Fsp3) is 0.259. The number of amides is 1. The van der Waals surface area contributed by atoms with Gasteiger partial charge in [0, 0.05) is 11.3 Å². The maximum Gasteiger partial charge on any atom is 0.343 e. The molecular formula is C27H29NO5. The molecule has 0 spiro atoms. The van der Waals surface area contributed by atoms with Crippen molar-refractivity contribution in [1.82, 2.24) is 0 Å². The first-order chi connectivity index (χ1) is 16.1. The van der Waals surface area contributed by atoms with Gasteiger partial charge in [-0.25, -0.2) is 4.79 Å². The van der Waals surface area contributed by atoms with E-state index in [0.717, 1.165) is 25.0 Å². The van der Waals surface area contributed by atoms with Gasteiger partial charge in [-0.15, -0.1) is 0 Å². The molecule has 3 rings (SSSR count). The van der Waals surface area contributed by atoms with E-state index in [9.17, 15) is 9.59 Å². The molecule has 33 heavy (non-hydrogen) atoms. The Labute approximate surface area is 194 Å². The quantitative estimate of drug-likeness (QED) is 0.218. The highest BCUT2D eigenvalue weighted by Gasteiger charge is 2.11. The molecule has 0 aromatic heterocycles. The molecule has 1 N–H and O–H groups in total. The van der Waals surface area contributed by atoms with Gasteiger partial charge in [0.05, 0.1) is 18.8 Å². The predicted octanol–water partition coefficient (Wildman–Crippen LogP) is 6.13. The van der Waals surface area contributed by atoms with E-state index in [1.54, 1.807) is 72.8 Å². The highest BCUT2D eigenvalue weighted by atomic mass is 16.5. The Bertz CT molecular complexity index is 1030. The number of carbonyl (C=O) groups excluding carboxylic acids is 2. The van der Waals surface area contributed by atoms with Crippen molar-refractivity contribution in [2.45, 2.75) is 33.1 Å². The third-order valence-corrected chi connectivity index (χ3v) is 4.86. The average molecular weight is 448 g/mol. The lowest BCUT2D eigenvalue weighted by Gasteiger charge is -2.09. The maximum atomic E-state index is 12.5. The van der Waals surface area contributed by atoms with Crippen molar-refractivity contribution in [1.29, 1.82) is 0 Å². The molecule has 172 valence electrons. The second-order valence-corrected chi connectivity index (χ2v) is 7.41. The second-order valence-electron chi connectivity index (χ2n) is 7.41. The Balaban J connectivity index is 1.52. The van der Waals surface area contributed by atoms with Crippen LogP contribution in [0.25, 0.3) is 0 Å². The number of carbonyl (C=O) groups is 2. The summed E-state index contributed by atoms with van der Waals surface area (Å²) in [7, 11) is 0. The van der Waals surface area contributed by atoms with Crippen molar-refractivity contribution in [2.75, 3.05) is 18.5 Å². The molecule has 0 unspecified atom stereocenters. The van der Waals surface area contributed by atoms with Crippen LogP contribution in [0, 0.1) is 0 Å². The zero-order valence-corrected chi connectivity index (χ0v) is 19.0. The summed E-state index contributed by atoms with van der Waals surface area (Å²) < 4.78 is 16.4. The molecule has 6 nitrogen and oxygen atoms in total. The minimum Gasteiger partial charge on any atom is -0.494 e. The zero-order valence-electron chi connectivity index (χ0n) is 19.0. The summed E-state index contributed by atoms with van der Waals surface area (Å²) in [4.78, 5) is 24.9. The fourth-order valence-electron chi connectivity index (χ4n) is 3.07. The summed E-state index contributed by atoms with van der Waals surface area (Å²) in [5.74, 6) is 1.17. The second kappa shape index (κ2) is 12.3. The first-order valence-corrected chi connectivity index (χ1v) is 11.2. The van der Waals surface area contributed by atoms with Crippen molar-refractivity contribution in [3.8, 4) is 17.2 Å². The van der Waals surface area contributed by atoms with Crippen molar-refractivity contribution in [3.63, 3.8) is 0 Å². The van der Waals surface area contributed by atoms with E-state index < -0.39 is 5.97 Å². The number of nitrogens with one attached hydrogen (secondary N) is 1. The maximum absolute atomic E-state index is 12.5. The number of hydrogen-bond acceptors (Lipinski definition) is 5. The van der Waals surface area contributed by atoms with Crippen molar-refractivity contribution < 1.29 is 23.8 Å². The number of hydrogen-bond donors (Lipinski definition) is 1. The van der Waals surface area contributed by atoms with E-state index in [1.807, 2.05) is 6.92 Å². The molecule has 6 heteroatoms. The number of ether oxygens (including phenoxy) is 3. The first kappa shape index (κ1) is 23.9. The van der Waals surface area contributed by atoms with Crippen LogP contribution in [-0.2, 0) is 0 Å². The third kappa shape index (κ3) is 7.38. The van der Waals surface area contributed by atoms with Gasteiger partial charge in [0.15, 0.2) is 0 Å². The molecule has 0 saturated heterocycles. The first-order valence-electron chi connectivity index (χ1n) is 11.2. The normalized spacial score (nSPS) is 10.4. The Morgan fingerprint density at radius 3 is 1.91 bits per heavy atom. The van der Waals surface area contributed by atoms with Crippen LogP contribution in [0.15, 0.2) is 72.8 Å². The van der Waals surface area contributed by atoms with Gasteiger partial charge < -0.3 is 19.5 Å². The lowest BCUT2D eigenvalue weighted by Crippen LogP contribution is -2.12. The van der Waals surface area contributed by atoms with Gasteiger partial charge in [-0.2, -0.15) is 0 Å². The lowest BCUT2D eigenvalue weighted by molar-refractivity contribution is 0.0734. The lowest BCUT2D eigenvalue weighted by atomic mass is 10.1. The molecule has 0 aliphatic heterocycles. The molecular weight excluding hydrogens is 418 g/mol. The van der Waals surface area contributed by atoms with Crippen LogP contribution in [-0.4, -0.2) is 25.1 Å². The highest BCUT2D eigenvalue weighted by Crippen LogP contribution is 2.20. The van der Waals surface area contributed by atoms with E-state index >= 15 is 0 Å². The number of anilines is 1. The summed E-state index contributed by atoms with van der Waals surface area (Å²) in [5.41, 5.74) is 1.49. The minimum atomic E-state index is -0.480. The van der Waals surface area contributed by atoms with Crippen LogP contribution in [0.4, 0.5) is 5.69 Å². The fourth-order valence-corrected chi connectivity index (χ4v) is 3.07. The molecule has 0 heterocycles. The Kier molecular flexibility index (Phi) is 8.88. The summed E-state index contributed by atoms with van der Waals surface area (Å²) >= 11 is 0. The van der Waals surface area contributed by atoms with Gasteiger partial charge in [-0.3, -0.25) is 4.79 Å². The predicted molar refractivity (Wildman–Crippen MR) is 128 cm³/mol. The van der Waals surface area contributed by atoms with E-state index in [0.29, 0.717) is 41.5 Å². The van der Waals surface area contributed by atoms with Crippen LogP contribution in [0.1, 0.15) is 53.8 Å². The zero-order chi connectivity index (χ0) is 23.5. The van der Waals surface area contributed by atoms with Crippen LogP contribution in [0.2, 0.25) is 0 Å². The van der Waals surface area contributed by atoms with Gasteiger partial charge in [0.2, 0.25) is 0 Å². The van der Waals surface area contributed by atoms with Crippen LogP contribution < -0.4 is 19.5 Å². The molecule has 0 atom stereocenters. The van der Waals surface area contributed by atoms with E-state index in [-0.39, 0.29) is 5.91 Å². The van der Waals surface area contributed by atoms with Gasteiger partial charge in [-0.05, 0) is 86.1 Å². The minimum absolute atomic E-state index is 0.239. The monoisotopic (exact) mass is 447 g/mol. The standard InChI is InChI=1S/C27H29NO5/c1-3-5-6-19-32-24-13-9-20(10-14-24)26(29)28-22-11-7-21(8-12-22)27(30)33-25-17-15-23(16-18-25)31-4-2/h7-18H,3-6,19H2,1-2H3,(H,28,29). The smallest absolute Gasteiger partial charge is 0.343 e. The van der Waals surface area contributed by atoms with Gasteiger partial charge in [0.1, 0.15) is 17.2 Å². The Morgan fingerprint density at radius 1 is 0.697 bits per heavy atom. The molecule has 3 aromatic rings. The summed E-state index contributed by atoms with van der Waals surface area (Å²) in [6.45, 7) is 5.30. The Morgan fingerprint density at radius 2 is 1.27 bits per heavy atom. The molecule has 0 bridgehead atoms. The molecule has 0 aliphatic rings. The largest absolute Gasteiger partial charge is 0.494 e. The van der Waals surface area contributed by atoms with E-state index in [1.165, 1.54) is 0 Å². The van der Waals surface area contributed by atoms with Crippen molar-refractivity contribution in [2.24, 2.45) is 0 Å². The number of unbranched alkanes of at least 4 members (excludes halogenated alkanes) is 2. The number of esters is 1. The Hall–Kier alpha value is -3.80. The average Bonchev–Trinajstić information content (AvgIpc) is 2.84. The highest BCUT2D eigenvalue weighted by molar-refractivity contribution is 6.04. The topological polar surface area (TPSA) is 73.9 Å². The van der Waals surface area contributed by atoms with Crippen LogP contribution >= 0.6 is 0 Å². The number of rotatable bonds is 11. The van der Waals surface area contributed by atoms with Gasteiger partial charge in [0.25, 0.3) is 5.91 Å². The molecule has 0 aliphatic carbocycles. The molecule has 3 aromatic carbocycles. The van der Waals surface area contributed by atoms with E-state index in [2.05, 4.69) is 12.2 Å². The molecule has 0 radical (unpaired) electrons. The molecule has 0 saturated carbocycles. The molecule has 0 fully saturated rings. The van der Waals surface area contributed by atoms with Gasteiger partial charge in [-0.1, -0.05) is 19.8 Å². The van der Waals surface area contributed by atoms with Crippen molar-refractivity contribution >= 4 is 17.6 Å². The van der Waals surface area contributed by atoms with Crippen molar-refractivity contribution in [3.05, 3.63) is 83.9 Å².